The fourth-order valence-electron chi connectivity index (χ4n) is 5.54. The van der Waals surface area contributed by atoms with Gasteiger partial charge in [-0.05, 0) is 37.1 Å². The maximum Gasteiger partial charge on any atom is 1.00 e. The monoisotopic (exact) mass is 847 g/mol. The number of phosphoric ester groups is 2. The number of aromatic nitrogens is 8. The Balaban J connectivity index is 0.00000280. The van der Waals surface area contributed by atoms with Gasteiger partial charge >= 0.3 is 64.8 Å². The van der Waals surface area contributed by atoms with Gasteiger partial charge in [0.25, 0.3) is 21.2 Å². The molecule has 0 amide bonds. The van der Waals surface area contributed by atoms with Crippen molar-refractivity contribution in [1.29, 1.82) is 0 Å². The van der Waals surface area contributed by atoms with Crippen LogP contribution in [0.5, 0.6) is 0 Å². The van der Waals surface area contributed by atoms with Crippen LogP contribution in [0.3, 0.4) is 0 Å². The third-order valence-corrected chi connectivity index (χ3v) is 10.9. The van der Waals surface area contributed by atoms with E-state index < -0.39 is 89.5 Å². The maximum atomic E-state index is 12.5. The molecule has 0 bridgehead atoms. The summed E-state index contributed by atoms with van der Waals surface area (Å²) < 4.78 is 45.7. The van der Waals surface area contributed by atoms with Gasteiger partial charge in [-0.25, -0.2) is 29.0 Å². The number of hydrogen-bond acceptors (Lipinski definition) is 21. The summed E-state index contributed by atoms with van der Waals surface area (Å²) in [6.45, 7) is 0.570. The molecule has 9 atom stereocenters. The van der Waals surface area contributed by atoms with Gasteiger partial charge in [-0.3, -0.25) is 23.5 Å². The van der Waals surface area contributed by atoms with Crippen LogP contribution in [0.4, 0.5) is 5.82 Å². The van der Waals surface area contributed by atoms with Crippen LogP contribution < -0.4 is 85.9 Å². The molecule has 6 rings (SSSR count). The standard InChI is InChI=1S/C27H33N9O15P2.2Na.H2O/c1-10-3-12-13(4-11(10)2)35(24-18(32-12)25(42)34-27(43)33-24)5-14(37)19(39)15(38)6-48-52(44,45)51-53(46,47)49-7-16-20(40)21(41)26(50-16)36-9-31-17-22(28)29-8-30-23(17)36;;;/h3-4,8-9,14-16,19-21,26,37-41H,5-7H2,1-2H3,(H,44,45)(H,46,47)(H2,28,29,30)(H,34,42,43);;;1H2/q;2*+1;/p-2/t14-,15+,16+,19-,20-,21+,26+;;;/m0.../s1. The number of hydrogen-bond donors (Lipinski definition) is 7. The Morgan fingerprint density at radius 1 is 0.982 bits per heavy atom. The van der Waals surface area contributed by atoms with Crippen molar-refractivity contribution in [2.75, 3.05) is 18.9 Å². The first-order valence-electron chi connectivity index (χ1n) is 15.4. The van der Waals surface area contributed by atoms with Crippen LogP contribution in [0.15, 0.2) is 34.4 Å². The van der Waals surface area contributed by atoms with Crippen LogP contribution in [0, 0.1) is 13.8 Å². The van der Waals surface area contributed by atoms with Crippen LogP contribution in [0.25, 0.3) is 33.7 Å². The Morgan fingerprint density at radius 2 is 1.64 bits per heavy atom. The Hall–Kier alpha value is -2.17. The van der Waals surface area contributed by atoms with Crippen molar-refractivity contribution >= 4 is 43.7 Å². The quantitative estimate of drug-likeness (QED) is 0.0328. The van der Waals surface area contributed by atoms with Gasteiger partial charge in [0.2, 0.25) is 0 Å². The van der Waals surface area contributed by atoms with E-state index in [1.165, 1.54) is 15.5 Å². The molecule has 294 valence electrons. The first kappa shape index (κ1) is 48.2. The van der Waals surface area contributed by atoms with E-state index in [4.69, 9.17) is 10.5 Å². The molecule has 1 saturated heterocycles. The van der Waals surface area contributed by atoms with E-state index >= 15 is 0 Å². The molecule has 2 unspecified atom stereocenters. The first-order valence-corrected chi connectivity index (χ1v) is 18.3. The second-order valence-corrected chi connectivity index (χ2v) is 15.0. The number of aliphatic hydroxyl groups excluding tert-OH is 5. The number of nitrogens with one attached hydrogen (secondary N) is 1. The number of aryl methyl sites for hydroxylation is 2. The summed E-state index contributed by atoms with van der Waals surface area (Å²) in [6.07, 6.45) is -10.3. The molecule has 2 aromatic heterocycles. The summed E-state index contributed by atoms with van der Waals surface area (Å²) in [4.78, 5) is 71.1. The summed E-state index contributed by atoms with van der Waals surface area (Å²) in [5.74, 6) is -0.243. The zero-order chi connectivity index (χ0) is 38.6. The molecule has 1 fully saturated rings. The molecule has 3 aliphatic heterocycles. The molecule has 25 nitrogen and oxygen atoms in total. The topological polar surface area (TPSA) is 400 Å². The van der Waals surface area contributed by atoms with E-state index in [-0.39, 0.29) is 104 Å². The van der Waals surface area contributed by atoms with E-state index in [9.17, 15) is 54.0 Å². The summed E-state index contributed by atoms with van der Waals surface area (Å²) in [5, 5.41) is 52.9. The Labute approximate surface area is 358 Å². The average Bonchev–Trinajstić information content (AvgIpc) is 3.63. The number of nitrogens with two attached hydrogens (primary N) is 1. The summed E-state index contributed by atoms with van der Waals surface area (Å²) in [6, 6.07) is 3.27. The summed E-state index contributed by atoms with van der Waals surface area (Å²) in [7, 11) is -11.6. The van der Waals surface area contributed by atoms with Crippen molar-refractivity contribution in [1.82, 2.24) is 39.0 Å². The fraction of sp³-hybridized carbons (Fsp3) is 0.444. The Kier molecular flexibility index (Phi) is 16.2. The smallest absolute Gasteiger partial charge is 0.756 e. The molecule has 5 heterocycles. The molecular weight excluding hydrogens is 814 g/mol. The van der Waals surface area contributed by atoms with Crippen molar-refractivity contribution in [3.8, 4) is 11.5 Å². The molecule has 29 heteroatoms. The van der Waals surface area contributed by atoms with Gasteiger partial charge in [-0.2, -0.15) is 4.98 Å². The largest absolute Gasteiger partial charge is 1.00 e. The number of phosphoric acid groups is 2. The number of nitrogen functional groups attached to an aromatic ring is 1. The van der Waals surface area contributed by atoms with E-state index in [2.05, 4.69) is 38.3 Å². The zero-order valence-electron chi connectivity index (χ0n) is 29.9. The molecule has 10 N–H and O–H groups in total. The van der Waals surface area contributed by atoms with Gasteiger partial charge in [0, 0.05) is 0 Å². The van der Waals surface area contributed by atoms with Gasteiger partial charge in [0.1, 0.15) is 48.5 Å². The number of nitrogens with zero attached hydrogens (tertiary/aromatic N) is 7. The van der Waals surface area contributed by atoms with Crippen molar-refractivity contribution in [2.45, 2.75) is 63.2 Å². The van der Waals surface area contributed by atoms with Gasteiger partial charge in [0.05, 0.1) is 37.1 Å². The minimum Gasteiger partial charge on any atom is -0.756 e. The number of aliphatic hydroxyl groups is 5. The number of benzene rings is 1. The Bertz CT molecular complexity index is 2370. The van der Waals surface area contributed by atoms with Crippen LogP contribution in [0.1, 0.15) is 17.4 Å². The maximum absolute atomic E-state index is 12.5. The molecular formula is C27H33N9Na2O16P2. The van der Waals surface area contributed by atoms with Crippen LogP contribution in [0.2, 0.25) is 0 Å². The van der Waals surface area contributed by atoms with E-state index in [1.54, 1.807) is 26.0 Å². The third-order valence-electron chi connectivity index (χ3n) is 8.38. The second-order valence-electron chi connectivity index (χ2n) is 12.0. The number of H-pyrrole nitrogens is 1. The van der Waals surface area contributed by atoms with E-state index in [1.807, 2.05) is 4.98 Å². The van der Waals surface area contributed by atoms with E-state index in [0.29, 0.717) is 0 Å². The minimum absolute atomic E-state index is 0. The summed E-state index contributed by atoms with van der Waals surface area (Å²) in [5.41, 5.74) is 5.97. The normalized spacial score (nSPS) is 22.0. The van der Waals surface area contributed by atoms with Gasteiger partial charge in [-0.15, -0.1) is 0 Å². The number of fused-ring (bicyclic) bond motifs is 3. The van der Waals surface area contributed by atoms with Gasteiger partial charge in [-0.1, -0.05) is 0 Å². The van der Waals surface area contributed by atoms with Gasteiger partial charge in [0.15, 0.2) is 29.2 Å². The SMILES string of the molecule is Cc1cc2nc3c(=O)[nH]c(=O)nc-3n(C[C@H](O)[C@H](O)[C@H](O)COP(=O)([O-])OP(=O)([O-])OC[C@H]3O[C@@H](n4cnc5c(N)ncnc54)[C@H](O)[C@H]3O)c2cc1C.O.[Na+].[Na+]. The van der Waals surface area contributed by atoms with Crippen molar-refractivity contribution < 1.29 is 127 Å². The molecule has 0 radical (unpaired) electrons. The Morgan fingerprint density at radius 3 is 2.34 bits per heavy atom. The first-order chi connectivity index (χ1) is 24.9. The van der Waals surface area contributed by atoms with Gasteiger partial charge < -0.3 is 64.9 Å². The molecule has 3 aliphatic rings. The number of imidazole rings is 1. The number of ether oxygens (including phenoxy) is 1. The summed E-state index contributed by atoms with van der Waals surface area (Å²) >= 11 is 0. The molecule has 56 heavy (non-hydrogen) atoms. The minimum atomic E-state index is -5.85. The third kappa shape index (κ3) is 10.2. The number of rotatable bonds is 13. The average molecular weight is 848 g/mol. The van der Waals surface area contributed by atoms with Crippen molar-refractivity contribution in [3.05, 3.63) is 56.8 Å². The molecule has 0 spiro atoms. The van der Waals surface area contributed by atoms with Crippen LogP contribution in [-0.4, -0.2) is 120 Å². The molecule has 3 aromatic rings. The molecule has 0 saturated carbocycles. The number of anilines is 1. The van der Waals surface area contributed by atoms with Crippen molar-refractivity contribution in [2.24, 2.45) is 0 Å². The second kappa shape index (κ2) is 18.8. The predicted molar refractivity (Wildman–Crippen MR) is 176 cm³/mol. The number of aromatic amines is 1. The van der Waals surface area contributed by atoms with Crippen molar-refractivity contribution in [3.63, 3.8) is 0 Å². The predicted octanol–water partition coefficient (Wildman–Crippen LogP) is -10.5. The van der Waals surface area contributed by atoms with Crippen LogP contribution in [-0.2, 0) is 33.8 Å². The van der Waals surface area contributed by atoms with Crippen LogP contribution >= 0.6 is 15.6 Å². The molecule has 0 aliphatic carbocycles. The zero-order valence-corrected chi connectivity index (χ0v) is 35.7. The fourth-order valence-corrected chi connectivity index (χ4v) is 7.56. The van der Waals surface area contributed by atoms with E-state index in [0.717, 1.165) is 17.5 Å². The molecule has 1 aromatic carbocycles.